The minimum absolute atomic E-state index is 0.360. The molecule has 0 aromatic carbocycles. The van der Waals surface area contributed by atoms with Gasteiger partial charge in [0.15, 0.2) is 0 Å². The Balaban J connectivity index is 1.91. The topological polar surface area (TPSA) is 20.3 Å². The van der Waals surface area contributed by atoms with Gasteiger partial charge < -0.3 is 0 Å². The molecule has 0 radical (unpaired) electrons. The fourth-order valence-corrected chi connectivity index (χ4v) is 3.44. The molecule has 1 saturated heterocycles. The van der Waals surface area contributed by atoms with E-state index in [0.29, 0.717) is 17.7 Å². The Hall–Kier alpha value is -0.630. The molecule has 2 heteroatoms. The normalized spacial score (nSPS) is 30.7. The fraction of sp³-hybridized carbons (Fsp3) is 0.800. The Morgan fingerprint density at radius 2 is 2.18 bits per heavy atom. The Labute approximate surface area is 105 Å². The average molecular weight is 235 g/mol. The van der Waals surface area contributed by atoms with E-state index in [9.17, 15) is 4.79 Å². The molecular weight excluding hydrogens is 210 g/mol. The maximum absolute atomic E-state index is 11.9. The molecule has 0 aromatic rings. The molecule has 2 atom stereocenters. The molecule has 2 aliphatic rings. The lowest BCUT2D eigenvalue weighted by Crippen LogP contribution is -2.45. The molecule has 0 amide bonds. The van der Waals surface area contributed by atoms with Crippen LogP contribution in [0.3, 0.4) is 0 Å². The first kappa shape index (κ1) is 12.8. The lowest BCUT2D eigenvalue weighted by atomic mass is 9.88. The molecular formula is C15H25NO. The van der Waals surface area contributed by atoms with E-state index in [1.165, 1.54) is 32.2 Å². The highest BCUT2D eigenvalue weighted by Crippen LogP contribution is 2.32. The van der Waals surface area contributed by atoms with Gasteiger partial charge in [0, 0.05) is 18.4 Å². The molecule has 0 N–H and O–H groups in total. The van der Waals surface area contributed by atoms with Crippen molar-refractivity contribution < 1.29 is 4.79 Å². The van der Waals surface area contributed by atoms with Gasteiger partial charge in [0.2, 0.25) is 0 Å². The number of piperidine rings is 1. The zero-order chi connectivity index (χ0) is 12.1. The summed E-state index contributed by atoms with van der Waals surface area (Å²) in [6.45, 7) is 6.13. The molecule has 1 aliphatic heterocycles. The number of carbonyl (C=O) groups is 1. The molecule has 2 fully saturated rings. The zero-order valence-electron chi connectivity index (χ0n) is 10.9. The lowest BCUT2D eigenvalue weighted by Gasteiger charge is -2.38. The third-order valence-electron chi connectivity index (χ3n) is 4.33. The molecule has 2 nitrogen and oxygen atoms in total. The van der Waals surface area contributed by atoms with E-state index in [1.54, 1.807) is 0 Å². The maximum atomic E-state index is 11.9. The zero-order valence-corrected chi connectivity index (χ0v) is 10.9. The lowest BCUT2D eigenvalue weighted by molar-refractivity contribution is -0.123. The van der Waals surface area contributed by atoms with Crippen LogP contribution in [0.25, 0.3) is 0 Å². The second-order valence-electron chi connectivity index (χ2n) is 5.50. The van der Waals surface area contributed by atoms with Crippen LogP contribution in [0.15, 0.2) is 12.7 Å². The van der Waals surface area contributed by atoms with Crippen LogP contribution in [0.4, 0.5) is 0 Å². The van der Waals surface area contributed by atoms with Crippen LogP contribution >= 0.6 is 0 Å². The van der Waals surface area contributed by atoms with Gasteiger partial charge in [-0.05, 0) is 51.6 Å². The van der Waals surface area contributed by atoms with E-state index in [4.69, 9.17) is 0 Å². The van der Waals surface area contributed by atoms with Crippen molar-refractivity contribution >= 4 is 5.78 Å². The van der Waals surface area contributed by atoms with Gasteiger partial charge in [0.05, 0.1) is 0 Å². The number of ketones is 1. The molecule has 17 heavy (non-hydrogen) atoms. The quantitative estimate of drug-likeness (QED) is 0.539. The summed E-state index contributed by atoms with van der Waals surface area (Å²) >= 11 is 0. The van der Waals surface area contributed by atoms with Crippen LogP contribution in [-0.4, -0.2) is 29.8 Å². The smallest absolute Gasteiger partial charge is 0.137 e. The maximum Gasteiger partial charge on any atom is 0.137 e. The number of rotatable bonds is 5. The van der Waals surface area contributed by atoms with E-state index < -0.39 is 0 Å². The summed E-state index contributed by atoms with van der Waals surface area (Å²) < 4.78 is 0. The van der Waals surface area contributed by atoms with Crippen LogP contribution in [0.5, 0.6) is 0 Å². The predicted molar refractivity (Wildman–Crippen MR) is 71.0 cm³/mol. The number of hydrogen-bond donors (Lipinski definition) is 0. The van der Waals surface area contributed by atoms with Gasteiger partial charge in [-0.1, -0.05) is 12.5 Å². The summed E-state index contributed by atoms with van der Waals surface area (Å²) in [5.74, 6) is 0.893. The summed E-state index contributed by atoms with van der Waals surface area (Å²) in [4.78, 5) is 14.5. The Morgan fingerprint density at radius 1 is 1.29 bits per heavy atom. The van der Waals surface area contributed by atoms with Crippen LogP contribution in [0, 0.1) is 5.92 Å². The molecule has 0 bridgehead atoms. The first-order valence-electron chi connectivity index (χ1n) is 7.20. The first-order chi connectivity index (χ1) is 8.33. The highest BCUT2D eigenvalue weighted by molar-refractivity contribution is 5.83. The fourth-order valence-electron chi connectivity index (χ4n) is 3.44. The van der Waals surface area contributed by atoms with E-state index in [2.05, 4.69) is 11.5 Å². The third kappa shape index (κ3) is 3.19. The second kappa shape index (κ2) is 6.34. The number of allylic oxidation sites excluding steroid dienone is 1. The summed E-state index contributed by atoms with van der Waals surface area (Å²) in [5.41, 5.74) is 0. The largest absolute Gasteiger partial charge is 0.300 e. The van der Waals surface area contributed by atoms with Crippen molar-refractivity contribution in [2.24, 2.45) is 5.92 Å². The standard InChI is InChI=1S/C15H25NO/c1-2-3-5-11-16-12-6-4-9-14(16)13-8-7-10-15(13)17/h2,13-14H,1,3-12H2. The molecule has 1 aliphatic carbocycles. The van der Waals surface area contributed by atoms with E-state index in [1.807, 2.05) is 6.08 Å². The van der Waals surface area contributed by atoms with Crippen molar-refractivity contribution in [3.8, 4) is 0 Å². The Morgan fingerprint density at radius 3 is 2.88 bits per heavy atom. The van der Waals surface area contributed by atoms with E-state index in [-0.39, 0.29) is 0 Å². The van der Waals surface area contributed by atoms with Crippen LogP contribution in [-0.2, 0) is 4.79 Å². The number of unbranched alkanes of at least 4 members (excludes halogenated alkanes) is 1. The summed E-state index contributed by atoms with van der Waals surface area (Å²) in [7, 11) is 0. The number of likely N-dealkylation sites (tertiary alicyclic amines) is 1. The summed E-state index contributed by atoms with van der Waals surface area (Å²) in [6.07, 6.45) is 11.3. The molecule has 0 spiro atoms. The third-order valence-corrected chi connectivity index (χ3v) is 4.33. The number of carbonyl (C=O) groups excluding carboxylic acids is 1. The van der Waals surface area contributed by atoms with Crippen molar-refractivity contribution in [2.75, 3.05) is 13.1 Å². The molecule has 2 unspecified atom stereocenters. The number of Topliss-reactive ketones (excluding diaryl/α,β-unsaturated/α-hetero) is 1. The molecule has 96 valence electrons. The van der Waals surface area contributed by atoms with E-state index >= 15 is 0 Å². The van der Waals surface area contributed by atoms with Crippen molar-refractivity contribution in [3.05, 3.63) is 12.7 Å². The molecule has 2 rings (SSSR count). The van der Waals surface area contributed by atoms with Gasteiger partial charge in [-0.3, -0.25) is 9.69 Å². The van der Waals surface area contributed by atoms with Gasteiger partial charge in [0.25, 0.3) is 0 Å². The molecule has 0 aromatic heterocycles. The molecule has 1 saturated carbocycles. The first-order valence-corrected chi connectivity index (χ1v) is 7.20. The average Bonchev–Trinajstić information content (AvgIpc) is 2.76. The van der Waals surface area contributed by atoms with Gasteiger partial charge in [-0.25, -0.2) is 0 Å². The van der Waals surface area contributed by atoms with Crippen molar-refractivity contribution in [3.63, 3.8) is 0 Å². The minimum atomic E-state index is 0.360. The van der Waals surface area contributed by atoms with Crippen LogP contribution < -0.4 is 0 Å². The predicted octanol–water partition coefficient (Wildman–Crippen LogP) is 3.18. The summed E-state index contributed by atoms with van der Waals surface area (Å²) in [6, 6.07) is 0.559. The van der Waals surface area contributed by atoms with Crippen LogP contribution in [0.2, 0.25) is 0 Å². The highest BCUT2D eigenvalue weighted by Gasteiger charge is 2.36. The minimum Gasteiger partial charge on any atom is -0.300 e. The van der Waals surface area contributed by atoms with Crippen LogP contribution in [0.1, 0.15) is 51.4 Å². The van der Waals surface area contributed by atoms with Crippen molar-refractivity contribution in [1.82, 2.24) is 4.90 Å². The van der Waals surface area contributed by atoms with Gasteiger partial charge in [-0.15, -0.1) is 6.58 Å². The number of nitrogens with zero attached hydrogens (tertiary/aromatic N) is 1. The monoisotopic (exact) mass is 235 g/mol. The number of hydrogen-bond acceptors (Lipinski definition) is 2. The SMILES string of the molecule is C=CCCCN1CCCCC1C1CCCC1=O. The Kier molecular flexibility index (Phi) is 4.78. The van der Waals surface area contributed by atoms with Gasteiger partial charge in [0.1, 0.15) is 5.78 Å². The van der Waals surface area contributed by atoms with Crippen molar-refractivity contribution in [1.29, 1.82) is 0 Å². The Bertz CT molecular complexity index is 274. The molecule has 1 heterocycles. The van der Waals surface area contributed by atoms with E-state index in [0.717, 1.165) is 32.2 Å². The van der Waals surface area contributed by atoms with Gasteiger partial charge >= 0.3 is 0 Å². The second-order valence-corrected chi connectivity index (χ2v) is 5.50. The summed E-state index contributed by atoms with van der Waals surface area (Å²) in [5, 5.41) is 0. The van der Waals surface area contributed by atoms with Crippen molar-refractivity contribution in [2.45, 2.75) is 57.4 Å². The highest BCUT2D eigenvalue weighted by atomic mass is 16.1. The van der Waals surface area contributed by atoms with Gasteiger partial charge in [-0.2, -0.15) is 0 Å².